The van der Waals surface area contributed by atoms with Crippen molar-refractivity contribution >= 4 is 23.3 Å². The summed E-state index contributed by atoms with van der Waals surface area (Å²) < 4.78 is 1.68. The van der Waals surface area contributed by atoms with Crippen LogP contribution in [0.5, 0.6) is 0 Å². The Labute approximate surface area is 144 Å². The summed E-state index contributed by atoms with van der Waals surface area (Å²) >= 11 is 5.99. The van der Waals surface area contributed by atoms with E-state index in [0.29, 0.717) is 28.5 Å². The monoisotopic (exact) mass is 336 g/mol. The highest BCUT2D eigenvalue weighted by molar-refractivity contribution is 6.30. The van der Waals surface area contributed by atoms with Gasteiger partial charge in [-0.3, -0.25) is 4.79 Å². The van der Waals surface area contributed by atoms with Crippen molar-refractivity contribution in [1.82, 2.24) is 9.78 Å². The van der Waals surface area contributed by atoms with Crippen LogP contribution < -0.4 is 5.32 Å². The van der Waals surface area contributed by atoms with E-state index in [1.165, 1.54) is 0 Å². The van der Waals surface area contributed by atoms with E-state index < -0.39 is 0 Å². The van der Waals surface area contributed by atoms with Crippen LogP contribution >= 0.6 is 11.6 Å². The first-order valence-electron chi connectivity index (χ1n) is 7.23. The molecular weight excluding hydrogens is 324 g/mol. The average Bonchev–Trinajstić information content (AvgIpc) is 3.01. The van der Waals surface area contributed by atoms with Gasteiger partial charge in [-0.25, -0.2) is 4.68 Å². The minimum absolute atomic E-state index is 0.292. The number of carbonyl (C=O) groups is 1. The number of carbonyl (C=O) groups excluding carboxylic acids is 1. The third kappa shape index (κ3) is 3.62. The number of hydrogen-bond acceptors (Lipinski definition) is 3. The van der Waals surface area contributed by atoms with E-state index in [0.717, 1.165) is 5.56 Å². The number of nitriles is 1. The molecule has 0 aliphatic carbocycles. The number of anilines is 1. The molecule has 1 heterocycles. The minimum atomic E-state index is -0.292. The van der Waals surface area contributed by atoms with Gasteiger partial charge in [-0.05, 0) is 35.9 Å². The summed E-state index contributed by atoms with van der Waals surface area (Å²) in [4.78, 5) is 12.4. The highest BCUT2D eigenvalue weighted by Gasteiger charge is 2.10. The molecule has 1 amide bonds. The first-order chi connectivity index (χ1) is 11.7. The van der Waals surface area contributed by atoms with Crippen LogP contribution in [0.2, 0.25) is 5.02 Å². The number of hydrogen-bond donors (Lipinski definition) is 1. The minimum Gasteiger partial charge on any atom is -0.307 e. The predicted molar refractivity (Wildman–Crippen MR) is 91.9 cm³/mol. The molecule has 1 aromatic heterocycles. The molecule has 118 valence electrons. The van der Waals surface area contributed by atoms with Gasteiger partial charge in [-0.1, -0.05) is 29.8 Å². The van der Waals surface area contributed by atoms with E-state index in [1.807, 2.05) is 24.3 Å². The zero-order valence-electron chi connectivity index (χ0n) is 12.6. The van der Waals surface area contributed by atoms with Crippen LogP contribution in [0.3, 0.4) is 0 Å². The lowest BCUT2D eigenvalue weighted by Crippen LogP contribution is -2.16. The van der Waals surface area contributed by atoms with Gasteiger partial charge in [-0.2, -0.15) is 10.4 Å². The normalized spacial score (nSPS) is 10.2. The van der Waals surface area contributed by atoms with Crippen LogP contribution in [-0.4, -0.2) is 15.7 Å². The lowest BCUT2D eigenvalue weighted by atomic mass is 10.1. The van der Waals surface area contributed by atoms with Crippen molar-refractivity contribution < 1.29 is 4.79 Å². The molecule has 0 unspecified atom stereocenters. The summed E-state index contributed by atoms with van der Waals surface area (Å²) in [6.07, 6.45) is 1.62. The first kappa shape index (κ1) is 15.8. The Hall–Kier alpha value is -3.10. The van der Waals surface area contributed by atoms with Crippen molar-refractivity contribution in [3.05, 3.63) is 82.5 Å². The highest BCUT2D eigenvalue weighted by Crippen LogP contribution is 2.15. The van der Waals surface area contributed by atoms with Crippen molar-refractivity contribution in [1.29, 1.82) is 5.26 Å². The molecule has 6 heteroatoms. The molecule has 24 heavy (non-hydrogen) atoms. The fraction of sp³-hybridized carbons (Fsp3) is 0.0556. The van der Waals surface area contributed by atoms with Crippen LogP contribution in [0, 0.1) is 11.3 Å². The maximum Gasteiger partial charge on any atom is 0.256 e. The predicted octanol–water partition coefficient (Wildman–Crippen LogP) is 3.71. The molecule has 0 bridgehead atoms. The Kier molecular flexibility index (Phi) is 4.59. The number of aromatic nitrogens is 2. The van der Waals surface area contributed by atoms with Gasteiger partial charge < -0.3 is 5.32 Å². The smallest absolute Gasteiger partial charge is 0.256 e. The van der Waals surface area contributed by atoms with Gasteiger partial charge in [0, 0.05) is 16.7 Å². The molecule has 0 aliphatic rings. The molecule has 2 aromatic carbocycles. The van der Waals surface area contributed by atoms with Crippen LogP contribution in [0.4, 0.5) is 5.82 Å². The van der Waals surface area contributed by atoms with Gasteiger partial charge >= 0.3 is 0 Å². The lowest BCUT2D eigenvalue weighted by Gasteiger charge is -2.09. The van der Waals surface area contributed by atoms with Crippen molar-refractivity contribution in [2.45, 2.75) is 6.54 Å². The quantitative estimate of drug-likeness (QED) is 0.789. The number of benzene rings is 2. The van der Waals surface area contributed by atoms with Gasteiger partial charge in [0.05, 0.1) is 24.4 Å². The SMILES string of the molecule is N#Cc1cccc(C(=O)Nc2ccnn2Cc2cccc(Cl)c2)c1. The highest BCUT2D eigenvalue weighted by atomic mass is 35.5. The first-order valence-corrected chi connectivity index (χ1v) is 7.61. The van der Waals surface area contributed by atoms with Gasteiger partial charge in [-0.15, -0.1) is 0 Å². The van der Waals surface area contributed by atoms with Crippen LogP contribution in [0.15, 0.2) is 60.8 Å². The van der Waals surface area contributed by atoms with Crippen molar-refractivity contribution in [2.24, 2.45) is 0 Å². The van der Waals surface area contributed by atoms with Gasteiger partial charge in [0.15, 0.2) is 0 Å². The molecule has 5 nitrogen and oxygen atoms in total. The lowest BCUT2D eigenvalue weighted by molar-refractivity contribution is 0.102. The third-order valence-corrected chi connectivity index (χ3v) is 3.67. The molecular formula is C18H13ClN4O. The average molecular weight is 337 g/mol. The number of amides is 1. The second-order valence-electron chi connectivity index (χ2n) is 5.15. The Morgan fingerprint density at radius 3 is 2.83 bits per heavy atom. The fourth-order valence-electron chi connectivity index (χ4n) is 2.29. The van der Waals surface area contributed by atoms with E-state index in [1.54, 1.807) is 47.3 Å². The summed E-state index contributed by atoms with van der Waals surface area (Å²) in [6, 6.07) is 17.7. The second kappa shape index (κ2) is 6.99. The van der Waals surface area contributed by atoms with E-state index in [-0.39, 0.29) is 5.91 Å². The number of halogens is 1. The summed E-state index contributed by atoms with van der Waals surface area (Å²) in [5.74, 6) is 0.280. The van der Waals surface area contributed by atoms with Crippen LogP contribution in [0.1, 0.15) is 21.5 Å². The summed E-state index contributed by atoms with van der Waals surface area (Å²) in [5, 5.41) is 16.6. The molecule has 3 rings (SSSR count). The largest absolute Gasteiger partial charge is 0.307 e. The van der Waals surface area contributed by atoms with Gasteiger partial charge in [0.2, 0.25) is 0 Å². The number of nitrogens with zero attached hydrogens (tertiary/aromatic N) is 3. The Balaban J connectivity index is 1.78. The molecule has 1 N–H and O–H groups in total. The fourth-order valence-corrected chi connectivity index (χ4v) is 2.50. The molecule has 3 aromatic rings. The van der Waals surface area contributed by atoms with E-state index >= 15 is 0 Å². The van der Waals surface area contributed by atoms with Gasteiger partial charge in [0.25, 0.3) is 5.91 Å². The molecule has 0 saturated heterocycles. The Morgan fingerprint density at radius 2 is 2.04 bits per heavy atom. The Bertz CT molecular complexity index is 927. The van der Waals surface area contributed by atoms with Crippen molar-refractivity contribution in [2.75, 3.05) is 5.32 Å². The number of rotatable bonds is 4. The maximum absolute atomic E-state index is 12.4. The van der Waals surface area contributed by atoms with E-state index in [2.05, 4.69) is 10.4 Å². The summed E-state index contributed by atoms with van der Waals surface area (Å²) in [5.41, 5.74) is 1.84. The van der Waals surface area contributed by atoms with Gasteiger partial charge in [0.1, 0.15) is 5.82 Å². The molecule has 0 radical (unpaired) electrons. The summed E-state index contributed by atoms with van der Waals surface area (Å²) in [7, 11) is 0. The molecule has 0 saturated carbocycles. The van der Waals surface area contributed by atoms with Crippen molar-refractivity contribution in [3.8, 4) is 6.07 Å². The van der Waals surface area contributed by atoms with Crippen LogP contribution in [-0.2, 0) is 6.54 Å². The Morgan fingerprint density at radius 1 is 1.21 bits per heavy atom. The zero-order chi connectivity index (χ0) is 16.9. The zero-order valence-corrected chi connectivity index (χ0v) is 13.4. The summed E-state index contributed by atoms with van der Waals surface area (Å²) in [6.45, 7) is 0.488. The van der Waals surface area contributed by atoms with Crippen LogP contribution in [0.25, 0.3) is 0 Å². The molecule has 0 aliphatic heterocycles. The molecule has 0 atom stereocenters. The number of nitrogens with one attached hydrogen (secondary N) is 1. The van der Waals surface area contributed by atoms with Crippen molar-refractivity contribution in [3.63, 3.8) is 0 Å². The third-order valence-electron chi connectivity index (χ3n) is 3.43. The molecule has 0 spiro atoms. The standard InChI is InChI=1S/C18H13ClN4O/c19-16-6-2-4-14(10-16)12-23-17(7-8-21-23)22-18(24)15-5-1-3-13(9-15)11-20/h1-10H,12H2,(H,22,24). The van der Waals surface area contributed by atoms with E-state index in [4.69, 9.17) is 16.9 Å². The second-order valence-corrected chi connectivity index (χ2v) is 5.59. The molecule has 0 fully saturated rings. The topological polar surface area (TPSA) is 70.7 Å². The van der Waals surface area contributed by atoms with E-state index in [9.17, 15) is 4.79 Å². The maximum atomic E-state index is 12.4.